The molecule has 1 aromatic rings. The van der Waals surface area contributed by atoms with Gasteiger partial charge in [0.2, 0.25) is 5.91 Å². The number of rotatable bonds is 5. The van der Waals surface area contributed by atoms with E-state index in [1.807, 2.05) is 0 Å². The minimum absolute atomic E-state index is 0.0282. The maximum absolute atomic E-state index is 12.2. The van der Waals surface area contributed by atoms with Gasteiger partial charge in [-0.25, -0.2) is 4.79 Å². The molecule has 0 saturated carbocycles. The van der Waals surface area contributed by atoms with Crippen molar-refractivity contribution in [2.45, 2.75) is 19.5 Å². The van der Waals surface area contributed by atoms with E-state index in [4.69, 9.17) is 9.84 Å². The fourth-order valence-corrected chi connectivity index (χ4v) is 2.83. The summed E-state index contributed by atoms with van der Waals surface area (Å²) in [5.41, 5.74) is 0.712. The van der Waals surface area contributed by atoms with Crippen molar-refractivity contribution in [3.63, 3.8) is 0 Å². The van der Waals surface area contributed by atoms with Gasteiger partial charge in [0.1, 0.15) is 4.88 Å². The van der Waals surface area contributed by atoms with Crippen LogP contribution in [0.3, 0.4) is 0 Å². The van der Waals surface area contributed by atoms with Crippen LogP contribution in [-0.4, -0.2) is 54.2 Å². The van der Waals surface area contributed by atoms with Gasteiger partial charge in [0, 0.05) is 19.6 Å². The van der Waals surface area contributed by atoms with Gasteiger partial charge in [-0.15, -0.1) is 11.3 Å². The Morgan fingerprint density at radius 1 is 1.50 bits per heavy atom. The number of morpholine rings is 1. The van der Waals surface area contributed by atoms with Crippen LogP contribution >= 0.6 is 11.3 Å². The van der Waals surface area contributed by atoms with Crippen LogP contribution in [0.1, 0.15) is 22.2 Å². The quantitative estimate of drug-likeness (QED) is 0.840. The van der Waals surface area contributed by atoms with Gasteiger partial charge in [-0.3, -0.25) is 4.79 Å². The van der Waals surface area contributed by atoms with Gasteiger partial charge in [0.25, 0.3) is 0 Å². The summed E-state index contributed by atoms with van der Waals surface area (Å²) >= 11 is 1.19. The summed E-state index contributed by atoms with van der Waals surface area (Å²) < 4.78 is 5.21. The number of nitrogens with one attached hydrogen (secondary N) is 1. The first-order chi connectivity index (χ1) is 9.59. The van der Waals surface area contributed by atoms with Crippen molar-refractivity contribution >= 4 is 23.2 Å². The highest BCUT2D eigenvalue weighted by Crippen LogP contribution is 2.16. The number of thiophene rings is 1. The van der Waals surface area contributed by atoms with E-state index in [0.29, 0.717) is 43.3 Å². The number of aromatic carboxylic acids is 1. The van der Waals surface area contributed by atoms with Gasteiger partial charge < -0.3 is 20.1 Å². The zero-order chi connectivity index (χ0) is 14.5. The number of carbonyl (C=O) groups is 2. The van der Waals surface area contributed by atoms with E-state index in [2.05, 4.69) is 5.32 Å². The van der Waals surface area contributed by atoms with Gasteiger partial charge in [-0.2, -0.15) is 0 Å². The SMILES string of the molecule is CC(NCc1ccsc1C(=O)O)C(=O)N1CCOCC1. The average Bonchev–Trinajstić information content (AvgIpc) is 2.93. The van der Waals surface area contributed by atoms with E-state index >= 15 is 0 Å². The summed E-state index contributed by atoms with van der Waals surface area (Å²) in [6, 6.07) is 1.43. The third-order valence-electron chi connectivity index (χ3n) is 3.23. The smallest absolute Gasteiger partial charge is 0.346 e. The highest BCUT2D eigenvalue weighted by Gasteiger charge is 2.22. The molecule has 1 saturated heterocycles. The lowest BCUT2D eigenvalue weighted by molar-refractivity contribution is -0.137. The predicted octanol–water partition coefficient (Wildman–Crippen LogP) is 0.783. The number of hydrogen-bond acceptors (Lipinski definition) is 5. The van der Waals surface area contributed by atoms with Crippen LogP contribution in [0.4, 0.5) is 0 Å². The maximum atomic E-state index is 12.2. The Morgan fingerprint density at radius 2 is 2.20 bits per heavy atom. The molecule has 0 aliphatic carbocycles. The topological polar surface area (TPSA) is 78.9 Å². The van der Waals surface area contributed by atoms with Crippen LogP contribution in [0.15, 0.2) is 11.4 Å². The van der Waals surface area contributed by atoms with E-state index in [1.54, 1.807) is 23.3 Å². The molecule has 20 heavy (non-hydrogen) atoms. The van der Waals surface area contributed by atoms with E-state index in [9.17, 15) is 9.59 Å². The van der Waals surface area contributed by atoms with Crippen molar-refractivity contribution in [3.05, 3.63) is 21.9 Å². The number of carbonyl (C=O) groups excluding carboxylic acids is 1. The Hall–Kier alpha value is -1.44. The fourth-order valence-electron chi connectivity index (χ4n) is 2.07. The highest BCUT2D eigenvalue weighted by molar-refractivity contribution is 7.12. The number of carboxylic acid groups (broad SMARTS) is 1. The maximum Gasteiger partial charge on any atom is 0.346 e. The second-order valence-corrected chi connectivity index (χ2v) is 5.54. The first kappa shape index (κ1) is 15.0. The second-order valence-electron chi connectivity index (χ2n) is 4.62. The van der Waals surface area contributed by atoms with E-state index in [1.165, 1.54) is 11.3 Å². The van der Waals surface area contributed by atoms with Crippen LogP contribution in [0.5, 0.6) is 0 Å². The molecular formula is C13H18N2O4S. The zero-order valence-corrected chi connectivity index (χ0v) is 12.1. The first-order valence-corrected chi connectivity index (χ1v) is 7.37. The molecule has 1 aromatic heterocycles. The largest absolute Gasteiger partial charge is 0.477 e. The molecule has 2 N–H and O–H groups in total. The van der Waals surface area contributed by atoms with Crippen molar-refractivity contribution in [1.29, 1.82) is 0 Å². The van der Waals surface area contributed by atoms with Crippen LogP contribution in [0.25, 0.3) is 0 Å². The van der Waals surface area contributed by atoms with Crippen LogP contribution in [-0.2, 0) is 16.1 Å². The molecule has 1 atom stereocenters. The standard InChI is InChI=1S/C13H18N2O4S/c1-9(12(16)15-3-5-19-6-4-15)14-8-10-2-7-20-11(10)13(17)18/h2,7,9,14H,3-6,8H2,1H3,(H,17,18). The van der Waals surface area contributed by atoms with E-state index < -0.39 is 5.97 Å². The Labute approximate surface area is 121 Å². The minimum Gasteiger partial charge on any atom is -0.477 e. The van der Waals surface area contributed by atoms with E-state index in [0.717, 1.165) is 0 Å². The fraction of sp³-hybridized carbons (Fsp3) is 0.538. The molecule has 1 fully saturated rings. The number of ether oxygens (including phenoxy) is 1. The Morgan fingerprint density at radius 3 is 2.85 bits per heavy atom. The van der Waals surface area contributed by atoms with Gasteiger partial charge in [0.15, 0.2) is 0 Å². The lowest BCUT2D eigenvalue weighted by atomic mass is 10.2. The van der Waals surface area contributed by atoms with E-state index in [-0.39, 0.29) is 11.9 Å². The zero-order valence-electron chi connectivity index (χ0n) is 11.3. The van der Waals surface area contributed by atoms with Gasteiger partial charge >= 0.3 is 5.97 Å². The van der Waals surface area contributed by atoms with Crippen LogP contribution in [0.2, 0.25) is 0 Å². The lowest BCUT2D eigenvalue weighted by Crippen LogP contribution is -2.49. The van der Waals surface area contributed by atoms with Gasteiger partial charge in [-0.1, -0.05) is 0 Å². The summed E-state index contributed by atoms with van der Waals surface area (Å²) in [7, 11) is 0. The molecule has 0 radical (unpaired) electrons. The molecular weight excluding hydrogens is 280 g/mol. The molecule has 1 aliphatic rings. The summed E-state index contributed by atoms with van der Waals surface area (Å²) in [5, 5.41) is 13.9. The molecule has 2 rings (SSSR count). The first-order valence-electron chi connectivity index (χ1n) is 6.49. The third-order valence-corrected chi connectivity index (χ3v) is 4.18. The molecule has 1 unspecified atom stereocenters. The average molecular weight is 298 g/mol. The normalized spacial score (nSPS) is 16.9. The van der Waals surface area contributed by atoms with Crippen molar-refractivity contribution in [1.82, 2.24) is 10.2 Å². The molecule has 0 spiro atoms. The molecule has 110 valence electrons. The van der Waals surface area contributed by atoms with Crippen molar-refractivity contribution in [3.8, 4) is 0 Å². The summed E-state index contributed by atoms with van der Waals surface area (Å²) in [6.45, 7) is 4.55. The molecule has 7 heteroatoms. The second kappa shape index (κ2) is 6.83. The Kier molecular flexibility index (Phi) is 5.11. The van der Waals surface area contributed by atoms with Crippen molar-refractivity contribution in [2.75, 3.05) is 26.3 Å². The molecule has 2 heterocycles. The predicted molar refractivity (Wildman–Crippen MR) is 75.0 cm³/mol. The molecule has 1 amide bonds. The third kappa shape index (κ3) is 3.56. The van der Waals surface area contributed by atoms with Crippen LogP contribution < -0.4 is 5.32 Å². The Bertz CT molecular complexity index is 482. The Balaban J connectivity index is 1.87. The van der Waals surface area contributed by atoms with Crippen molar-refractivity contribution < 1.29 is 19.4 Å². The summed E-state index contributed by atoms with van der Waals surface area (Å²) in [6.07, 6.45) is 0. The lowest BCUT2D eigenvalue weighted by Gasteiger charge is -2.29. The monoisotopic (exact) mass is 298 g/mol. The number of carboxylic acids is 1. The summed E-state index contributed by atoms with van der Waals surface area (Å²) in [4.78, 5) is 25.3. The van der Waals surface area contributed by atoms with Gasteiger partial charge in [0.05, 0.1) is 19.3 Å². The van der Waals surface area contributed by atoms with Gasteiger partial charge in [-0.05, 0) is 23.9 Å². The molecule has 0 aromatic carbocycles. The van der Waals surface area contributed by atoms with Crippen LogP contribution in [0, 0.1) is 0 Å². The number of hydrogen-bond donors (Lipinski definition) is 2. The molecule has 0 bridgehead atoms. The molecule has 6 nitrogen and oxygen atoms in total. The van der Waals surface area contributed by atoms with Crippen molar-refractivity contribution in [2.24, 2.45) is 0 Å². The number of nitrogens with zero attached hydrogens (tertiary/aromatic N) is 1. The molecule has 1 aliphatic heterocycles. The number of amides is 1. The summed E-state index contributed by atoms with van der Waals surface area (Å²) in [5.74, 6) is -0.899. The minimum atomic E-state index is -0.927. The highest BCUT2D eigenvalue weighted by atomic mass is 32.1.